The van der Waals surface area contributed by atoms with Crippen molar-refractivity contribution in [2.24, 2.45) is 5.73 Å². The van der Waals surface area contributed by atoms with E-state index in [4.69, 9.17) is 22.6 Å². The second-order valence-corrected chi connectivity index (χ2v) is 5.58. The number of nitrogens with two attached hydrogens (primary N) is 1. The molecule has 0 aliphatic rings. The minimum absolute atomic E-state index is 0.318. The molecule has 0 radical (unpaired) electrons. The highest BCUT2D eigenvalue weighted by Gasteiger charge is 2.35. The van der Waals surface area contributed by atoms with Gasteiger partial charge in [0.2, 0.25) is 5.91 Å². The van der Waals surface area contributed by atoms with Crippen LogP contribution in [-0.2, 0) is 10.3 Å². The van der Waals surface area contributed by atoms with Crippen LogP contribution in [0.3, 0.4) is 0 Å². The highest BCUT2D eigenvalue weighted by atomic mass is 35.5. The summed E-state index contributed by atoms with van der Waals surface area (Å²) in [5.74, 6) is -1.18. The Morgan fingerprint density at radius 1 is 1.22 bits per heavy atom. The molecule has 0 aliphatic carbocycles. The number of rotatable bonds is 4. The number of hydrogen-bond donors (Lipinski definition) is 2. The number of nitrogens with zero attached hydrogens (tertiary/aromatic N) is 1. The monoisotopic (exact) mass is 327 g/mol. The van der Waals surface area contributed by atoms with E-state index in [0.717, 1.165) is 0 Å². The zero-order valence-corrected chi connectivity index (χ0v) is 13.1. The van der Waals surface area contributed by atoms with Gasteiger partial charge in [0.25, 0.3) is 5.91 Å². The van der Waals surface area contributed by atoms with Crippen molar-refractivity contribution in [2.45, 2.75) is 12.5 Å². The molecular formula is C17H14ClN3O2. The van der Waals surface area contributed by atoms with E-state index in [-0.39, 0.29) is 0 Å². The molecule has 0 heterocycles. The smallest absolute Gasteiger partial charge is 0.252 e. The van der Waals surface area contributed by atoms with Crippen LogP contribution in [0.1, 0.15) is 28.4 Å². The van der Waals surface area contributed by atoms with Crippen LogP contribution in [0.2, 0.25) is 5.02 Å². The van der Waals surface area contributed by atoms with Crippen molar-refractivity contribution in [3.8, 4) is 6.07 Å². The fourth-order valence-electron chi connectivity index (χ4n) is 2.07. The molecule has 23 heavy (non-hydrogen) atoms. The third kappa shape index (κ3) is 3.50. The Morgan fingerprint density at radius 3 is 2.39 bits per heavy atom. The molecule has 3 N–H and O–H groups in total. The number of primary amides is 1. The van der Waals surface area contributed by atoms with E-state index in [9.17, 15) is 9.59 Å². The van der Waals surface area contributed by atoms with Gasteiger partial charge in [-0.25, -0.2) is 0 Å². The first kappa shape index (κ1) is 16.5. The molecule has 0 bridgehead atoms. The molecule has 0 saturated heterocycles. The van der Waals surface area contributed by atoms with Crippen molar-refractivity contribution >= 4 is 23.4 Å². The highest BCUT2D eigenvalue weighted by Crippen LogP contribution is 2.24. The summed E-state index contributed by atoms with van der Waals surface area (Å²) in [6.45, 7) is 1.52. The summed E-state index contributed by atoms with van der Waals surface area (Å²) in [5.41, 5.74) is 5.32. The molecule has 2 aromatic rings. The third-order valence-corrected chi connectivity index (χ3v) is 3.77. The van der Waals surface area contributed by atoms with Crippen molar-refractivity contribution in [3.63, 3.8) is 0 Å². The predicted octanol–water partition coefficient (Wildman–Crippen LogP) is 2.34. The fraction of sp³-hybridized carbons (Fsp3) is 0.118. The van der Waals surface area contributed by atoms with Crippen molar-refractivity contribution in [1.82, 2.24) is 5.32 Å². The van der Waals surface area contributed by atoms with Crippen LogP contribution >= 0.6 is 11.6 Å². The second-order valence-electron chi connectivity index (χ2n) is 5.14. The average molecular weight is 328 g/mol. The number of nitriles is 1. The van der Waals surface area contributed by atoms with Crippen LogP contribution in [-0.4, -0.2) is 11.8 Å². The lowest BCUT2D eigenvalue weighted by Crippen LogP contribution is -2.52. The number of carbonyl (C=O) groups is 2. The molecule has 116 valence electrons. The van der Waals surface area contributed by atoms with Crippen molar-refractivity contribution in [1.29, 1.82) is 5.26 Å². The van der Waals surface area contributed by atoms with Gasteiger partial charge in [-0.05, 0) is 48.9 Å². The van der Waals surface area contributed by atoms with Crippen molar-refractivity contribution in [2.75, 3.05) is 0 Å². The van der Waals surface area contributed by atoms with Gasteiger partial charge in [-0.15, -0.1) is 0 Å². The number of nitrogens with one attached hydrogen (secondary N) is 1. The van der Waals surface area contributed by atoms with Gasteiger partial charge < -0.3 is 11.1 Å². The number of hydrogen-bond acceptors (Lipinski definition) is 3. The van der Waals surface area contributed by atoms with E-state index in [2.05, 4.69) is 5.32 Å². The first-order chi connectivity index (χ1) is 10.9. The minimum Gasteiger partial charge on any atom is -0.367 e. The summed E-state index contributed by atoms with van der Waals surface area (Å²) in [5, 5.41) is 11.8. The van der Waals surface area contributed by atoms with E-state index < -0.39 is 17.4 Å². The standard InChI is InChI=1S/C17H14ClN3O2/c1-17(16(20)23,13-3-2-4-14(18)9-13)21-15(22)12-7-5-11(10-19)6-8-12/h2-9H,1H3,(H2,20,23)(H,21,22)/t17-/m0/s1. The Labute approximate surface area is 138 Å². The Balaban J connectivity index is 2.33. The predicted molar refractivity (Wildman–Crippen MR) is 86.6 cm³/mol. The molecule has 0 aliphatic heterocycles. The third-order valence-electron chi connectivity index (χ3n) is 3.53. The van der Waals surface area contributed by atoms with E-state index >= 15 is 0 Å². The van der Waals surface area contributed by atoms with Crippen molar-refractivity contribution in [3.05, 3.63) is 70.2 Å². The summed E-state index contributed by atoms with van der Waals surface area (Å²) >= 11 is 5.95. The van der Waals surface area contributed by atoms with Crippen LogP contribution < -0.4 is 11.1 Å². The van der Waals surface area contributed by atoms with Gasteiger partial charge in [0.1, 0.15) is 5.54 Å². The Kier molecular flexibility index (Phi) is 4.68. The van der Waals surface area contributed by atoms with Gasteiger partial charge in [-0.1, -0.05) is 23.7 Å². The minimum atomic E-state index is -1.41. The van der Waals surface area contributed by atoms with Crippen LogP contribution in [0.25, 0.3) is 0 Å². The normalized spacial score (nSPS) is 12.7. The molecule has 5 nitrogen and oxygen atoms in total. The van der Waals surface area contributed by atoms with E-state index in [1.165, 1.54) is 31.2 Å². The Bertz CT molecular complexity index is 796. The maximum Gasteiger partial charge on any atom is 0.252 e. The summed E-state index contributed by atoms with van der Waals surface area (Å²) in [6, 6.07) is 14.6. The molecule has 2 aromatic carbocycles. The first-order valence-electron chi connectivity index (χ1n) is 6.75. The lowest BCUT2D eigenvalue weighted by atomic mass is 9.90. The quantitative estimate of drug-likeness (QED) is 0.902. The molecule has 0 saturated carbocycles. The number of carbonyl (C=O) groups excluding carboxylic acids is 2. The van der Waals surface area contributed by atoms with Gasteiger partial charge in [-0.2, -0.15) is 5.26 Å². The summed E-state index contributed by atoms with van der Waals surface area (Å²) in [7, 11) is 0. The molecule has 0 aromatic heterocycles. The zero-order chi connectivity index (χ0) is 17.0. The Morgan fingerprint density at radius 2 is 1.87 bits per heavy atom. The van der Waals surface area contributed by atoms with Gasteiger partial charge in [-0.3, -0.25) is 9.59 Å². The fourth-order valence-corrected chi connectivity index (χ4v) is 2.26. The number of benzene rings is 2. The first-order valence-corrected chi connectivity index (χ1v) is 7.13. The maximum atomic E-state index is 12.4. The Hall–Kier alpha value is -2.84. The zero-order valence-electron chi connectivity index (χ0n) is 12.3. The number of amides is 2. The lowest BCUT2D eigenvalue weighted by molar-refractivity contribution is -0.123. The van der Waals surface area contributed by atoms with Gasteiger partial charge >= 0.3 is 0 Å². The molecule has 0 spiro atoms. The highest BCUT2D eigenvalue weighted by molar-refractivity contribution is 6.30. The largest absolute Gasteiger partial charge is 0.367 e. The molecule has 0 unspecified atom stereocenters. The molecule has 2 amide bonds. The second kappa shape index (κ2) is 6.51. The summed E-state index contributed by atoms with van der Waals surface area (Å²) in [6.07, 6.45) is 0. The summed E-state index contributed by atoms with van der Waals surface area (Å²) in [4.78, 5) is 24.3. The average Bonchev–Trinajstić information content (AvgIpc) is 2.54. The topological polar surface area (TPSA) is 96.0 Å². The summed E-state index contributed by atoms with van der Waals surface area (Å²) < 4.78 is 0. The molecule has 6 heteroatoms. The lowest BCUT2D eigenvalue weighted by Gasteiger charge is -2.28. The van der Waals surface area contributed by atoms with E-state index in [0.29, 0.717) is 21.7 Å². The SMILES string of the molecule is C[C@@](NC(=O)c1ccc(C#N)cc1)(C(N)=O)c1cccc(Cl)c1. The molecule has 0 fully saturated rings. The maximum absolute atomic E-state index is 12.4. The van der Waals surface area contributed by atoms with Crippen LogP contribution in [0, 0.1) is 11.3 Å². The van der Waals surface area contributed by atoms with Gasteiger partial charge in [0.05, 0.1) is 11.6 Å². The molecule has 1 atom stereocenters. The van der Waals surface area contributed by atoms with E-state index in [1.54, 1.807) is 24.3 Å². The van der Waals surface area contributed by atoms with Crippen molar-refractivity contribution < 1.29 is 9.59 Å². The van der Waals surface area contributed by atoms with Crippen LogP contribution in [0.5, 0.6) is 0 Å². The van der Waals surface area contributed by atoms with Crippen LogP contribution in [0.4, 0.5) is 0 Å². The van der Waals surface area contributed by atoms with Gasteiger partial charge in [0.15, 0.2) is 0 Å². The molecular weight excluding hydrogens is 314 g/mol. The number of halogens is 1. The van der Waals surface area contributed by atoms with E-state index in [1.807, 2.05) is 6.07 Å². The van der Waals surface area contributed by atoms with Crippen LogP contribution in [0.15, 0.2) is 48.5 Å². The molecule has 2 rings (SSSR count). The van der Waals surface area contributed by atoms with Gasteiger partial charge in [0, 0.05) is 10.6 Å².